The number of methoxy groups -OCH3 is 1. The van der Waals surface area contributed by atoms with Crippen molar-refractivity contribution < 1.29 is 28.2 Å². The molecule has 8 heteroatoms. The molecule has 1 aliphatic rings. The first-order valence-corrected chi connectivity index (χ1v) is 9.90. The zero-order valence-electron chi connectivity index (χ0n) is 15.6. The lowest BCUT2D eigenvalue weighted by Crippen LogP contribution is -2.15. The van der Waals surface area contributed by atoms with Crippen molar-refractivity contribution in [3.8, 4) is 17.2 Å². The molecule has 1 aliphatic heterocycles. The Labute approximate surface area is 170 Å². The molecule has 2 aromatic carbocycles. The summed E-state index contributed by atoms with van der Waals surface area (Å²) >= 11 is 1.34. The van der Waals surface area contributed by atoms with Crippen molar-refractivity contribution in [3.05, 3.63) is 58.4 Å². The number of carbonyl (C=O) groups is 1. The summed E-state index contributed by atoms with van der Waals surface area (Å²) in [5.41, 5.74) is 0.451. The van der Waals surface area contributed by atoms with Crippen molar-refractivity contribution in [2.75, 3.05) is 26.1 Å². The molecule has 0 aliphatic carbocycles. The lowest BCUT2D eigenvalue weighted by Gasteiger charge is -2.18. The second-order valence-electron chi connectivity index (χ2n) is 6.21. The summed E-state index contributed by atoms with van der Waals surface area (Å²) in [7, 11) is 1.53. The second kappa shape index (κ2) is 8.48. The van der Waals surface area contributed by atoms with Gasteiger partial charge in [-0.2, -0.15) is 0 Å². The highest BCUT2D eigenvalue weighted by Crippen LogP contribution is 2.34. The third-order valence-electron chi connectivity index (χ3n) is 4.30. The van der Waals surface area contributed by atoms with Crippen LogP contribution < -0.4 is 19.8 Å². The molecule has 4 rings (SSSR count). The number of rotatable bonds is 6. The van der Waals surface area contributed by atoms with E-state index in [-0.39, 0.29) is 18.3 Å². The van der Waals surface area contributed by atoms with E-state index in [0.717, 1.165) is 4.90 Å². The molecular weight excluding hydrogens is 396 g/mol. The van der Waals surface area contributed by atoms with Crippen LogP contribution in [0.2, 0.25) is 0 Å². The Hall–Kier alpha value is -3.13. The monoisotopic (exact) mass is 414 g/mol. The van der Waals surface area contributed by atoms with Gasteiger partial charge in [-0.3, -0.25) is 4.79 Å². The SMILES string of the molecule is COc1ccc2c(COC(=O)CSc3ccc4c(c3)OCCO4)cc(=O)oc2c1. The molecule has 0 radical (unpaired) electrons. The van der Waals surface area contributed by atoms with Crippen LogP contribution in [0.1, 0.15) is 5.56 Å². The highest BCUT2D eigenvalue weighted by atomic mass is 32.2. The molecule has 0 saturated heterocycles. The van der Waals surface area contributed by atoms with Gasteiger partial charge < -0.3 is 23.4 Å². The van der Waals surface area contributed by atoms with Gasteiger partial charge in [-0.25, -0.2) is 4.79 Å². The number of benzene rings is 2. The minimum atomic E-state index is -0.512. The quantitative estimate of drug-likeness (QED) is 0.345. The first kappa shape index (κ1) is 19.2. The van der Waals surface area contributed by atoms with E-state index >= 15 is 0 Å². The van der Waals surface area contributed by atoms with Gasteiger partial charge in [0.15, 0.2) is 11.5 Å². The van der Waals surface area contributed by atoms with Gasteiger partial charge in [0.25, 0.3) is 0 Å². The van der Waals surface area contributed by atoms with Crippen molar-refractivity contribution in [2.45, 2.75) is 11.5 Å². The van der Waals surface area contributed by atoms with Crippen molar-refractivity contribution >= 4 is 28.7 Å². The third-order valence-corrected chi connectivity index (χ3v) is 5.26. The minimum Gasteiger partial charge on any atom is -0.497 e. The van der Waals surface area contributed by atoms with Gasteiger partial charge in [0.2, 0.25) is 0 Å². The van der Waals surface area contributed by atoms with Crippen LogP contribution >= 0.6 is 11.8 Å². The summed E-state index contributed by atoms with van der Waals surface area (Å²) in [6.07, 6.45) is 0. The second-order valence-corrected chi connectivity index (χ2v) is 7.26. The molecule has 7 nitrogen and oxygen atoms in total. The van der Waals surface area contributed by atoms with Gasteiger partial charge in [0, 0.05) is 28.0 Å². The van der Waals surface area contributed by atoms with Crippen molar-refractivity contribution in [2.24, 2.45) is 0 Å². The molecule has 0 amide bonds. The summed E-state index contributed by atoms with van der Waals surface area (Å²) in [4.78, 5) is 24.9. The zero-order valence-corrected chi connectivity index (χ0v) is 16.5. The van der Waals surface area contributed by atoms with E-state index in [1.807, 2.05) is 18.2 Å². The predicted octanol–water partition coefficient (Wildman–Crippen LogP) is 3.41. The highest BCUT2D eigenvalue weighted by Gasteiger charge is 2.14. The largest absolute Gasteiger partial charge is 0.497 e. The average Bonchev–Trinajstić information content (AvgIpc) is 2.75. The lowest BCUT2D eigenvalue weighted by molar-refractivity contribution is -0.141. The Bertz CT molecular complexity index is 1110. The lowest BCUT2D eigenvalue weighted by atomic mass is 10.1. The first-order chi connectivity index (χ1) is 14.1. The first-order valence-electron chi connectivity index (χ1n) is 8.91. The van der Waals surface area contributed by atoms with E-state index in [0.29, 0.717) is 47.0 Å². The minimum absolute atomic E-state index is 0.0189. The van der Waals surface area contributed by atoms with Crippen LogP contribution in [0.3, 0.4) is 0 Å². The van der Waals surface area contributed by atoms with Crippen LogP contribution in [-0.2, 0) is 16.1 Å². The Morgan fingerprint density at radius 3 is 2.72 bits per heavy atom. The van der Waals surface area contributed by atoms with E-state index in [9.17, 15) is 9.59 Å². The van der Waals surface area contributed by atoms with Gasteiger partial charge in [-0.05, 0) is 30.3 Å². The van der Waals surface area contributed by atoms with E-state index in [4.69, 9.17) is 23.4 Å². The van der Waals surface area contributed by atoms with E-state index in [1.165, 1.54) is 24.9 Å². The molecule has 3 aromatic rings. The maximum absolute atomic E-state index is 12.2. The topological polar surface area (TPSA) is 84.2 Å². The molecule has 0 spiro atoms. The highest BCUT2D eigenvalue weighted by molar-refractivity contribution is 8.00. The van der Waals surface area contributed by atoms with Crippen LogP contribution in [0.15, 0.2) is 56.6 Å². The van der Waals surface area contributed by atoms with Gasteiger partial charge >= 0.3 is 11.6 Å². The van der Waals surface area contributed by atoms with Gasteiger partial charge in [-0.1, -0.05) is 0 Å². The molecule has 1 aromatic heterocycles. The molecule has 0 bridgehead atoms. The van der Waals surface area contributed by atoms with Crippen molar-refractivity contribution in [1.29, 1.82) is 0 Å². The summed E-state index contributed by atoms with van der Waals surface area (Å²) in [5.74, 6) is 1.69. The molecule has 0 saturated carbocycles. The molecule has 0 atom stereocenters. The molecule has 0 unspecified atom stereocenters. The Morgan fingerprint density at radius 2 is 1.90 bits per heavy atom. The normalized spacial score (nSPS) is 12.6. The fraction of sp³-hybridized carbons (Fsp3) is 0.238. The molecule has 0 N–H and O–H groups in total. The van der Waals surface area contributed by atoms with E-state index in [1.54, 1.807) is 18.2 Å². The number of hydrogen-bond donors (Lipinski definition) is 0. The molecule has 2 heterocycles. The third kappa shape index (κ3) is 4.48. The Kier molecular flexibility index (Phi) is 5.62. The van der Waals surface area contributed by atoms with Crippen molar-refractivity contribution in [1.82, 2.24) is 0 Å². The average molecular weight is 414 g/mol. The van der Waals surface area contributed by atoms with Crippen molar-refractivity contribution in [3.63, 3.8) is 0 Å². The Balaban J connectivity index is 1.39. The molecule has 150 valence electrons. The Morgan fingerprint density at radius 1 is 1.07 bits per heavy atom. The standard InChI is InChI=1S/C21H18O7S/c1-24-14-2-4-16-13(8-20(22)28-18(16)9-14)11-27-21(23)12-29-15-3-5-17-19(10-15)26-7-6-25-17/h2-5,8-10H,6-7,11-12H2,1H3. The van der Waals surface area contributed by atoms with Crippen LogP contribution in [0.5, 0.6) is 17.2 Å². The van der Waals surface area contributed by atoms with E-state index in [2.05, 4.69) is 0 Å². The number of ether oxygens (including phenoxy) is 4. The molecule has 0 fully saturated rings. The van der Waals surface area contributed by atoms with Crippen LogP contribution in [-0.4, -0.2) is 32.0 Å². The fourth-order valence-electron chi connectivity index (χ4n) is 2.91. The van der Waals surface area contributed by atoms with Crippen LogP contribution in [0.4, 0.5) is 0 Å². The zero-order chi connectivity index (χ0) is 20.2. The maximum atomic E-state index is 12.2. The number of fused-ring (bicyclic) bond motifs is 2. The summed E-state index contributed by atoms with van der Waals surface area (Å²) < 4.78 is 26.7. The number of thioether (sulfide) groups is 1. The molecular formula is C21H18O7S. The summed E-state index contributed by atoms with van der Waals surface area (Å²) in [6.45, 7) is 1.02. The molecule has 29 heavy (non-hydrogen) atoms. The van der Waals surface area contributed by atoms with E-state index < -0.39 is 5.63 Å². The van der Waals surface area contributed by atoms with Crippen LogP contribution in [0.25, 0.3) is 11.0 Å². The van der Waals surface area contributed by atoms with Crippen LogP contribution in [0, 0.1) is 0 Å². The smallest absolute Gasteiger partial charge is 0.336 e. The summed E-state index contributed by atoms with van der Waals surface area (Å²) in [5, 5.41) is 0.692. The van der Waals surface area contributed by atoms with Gasteiger partial charge in [0.1, 0.15) is 31.2 Å². The summed E-state index contributed by atoms with van der Waals surface area (Å²) in [6, 6.07) is 12.0. The van der Waals surface area contributed by atoms with Gasteiger partial charge in [0.05, 0.1) is 12.9 Å². The predicted molar refractivity (Wildman–Crippen MR) is 107 cm³/mol. The van der Waals surface area contributed by atoms with Gasteiger partial charge in [-0.15, -0.1) is 11.8 Å². The maximum Gasteiger partial charge on any atom is 0.336 e. The number of esters is 1. The number of hydrogen-bond acceptors (Lipinski definition) is 8. The fourth-order valence-corrected chi connectivity index (χ4v) is 3.63. The number of carbonyl (C=O) groups excluding carboxylic acids is 1.